The molecule has 0 aliphatic heterocycles. The molecule has 1 amide bonds. The third-order valence-electron chi connectivity index (χ3n) is 3.79. The summed E-state index contributed by atoms with van der Waals surface area (Å²) >= 11 is 0. The molecule has 0 spiro atoms. The molecule has 1 aromatic carbocycles. The molecule has 0 aromatic heterocycles. The fourth-order valence-corrected chi connectivity index (χ4v) is 2.53. The molecule has 0 heterocycles. The summed E-state index contributed by atoms with van der Waals surface area (Å²) in [6.07, 6.45) is 3.58. The minimum Gasteiger partial charge on any atom is -0.391 e. The van der Waals surface area contributed by atoms with Crippen LogP contribution in [0.4, 0.5) is 8.78 Å². The monoisotopic (exact) mass is 283 g/mol. The highest BCUT2D eigenvalue weighted by atomic mass is 19.1. The van der Waals surface area contributed by atoms with Crippen molar-refractivity contribution in [3.05, 3.63) is 34.9 Å². The zero-order chi connectivity index (χ0) is 14.7. The van der Waals surface area contributed by atoms with Crippen LogP contribution in [0.2, 0.25) is 0 Å². The van der Waals surface area contributed by atoms with Crippen molar-refractivity contribution in [2.24, 2.45) is 0 Å². The first-order valence-corrected chi connectivity index (χ1v) is 6.93. The standard InChI is InChI=1S/C15H19F2NO2/c1-9-7-10(12(17)8-11(9)16)15(20)18-13-5-3-2-4-6-14(13)19/h7-8,13-14,19H,2-6H2,1H3,(H,18,20). The highest BCUT2D eigenvalue weighted by Gasteiger charge is 2.25. The Morgan fingerprint density at radius 2 is 1.90 bits per heavy atom. The van der Waals surface area contributed by atoms with Gasteiger partial charge in [-0.2, -0.15) is 0 Å². The molecular formula is C15H19F2NO2. The molecule has 1 saturated carbocycles. The van der Waals surface area contributed by atoms with Crippen molar-refractivity contribution in [2.45, 2.75) is 51.2 Å². The first-order valence-electron chi connectivity index (χ1n) is 6.93. The summed E-state index contributed by atoms with van der Waals surface area (Å²) in [7, 11) is 0. The molecule has 110 valence electrons. The van der Waals surface area contributed by atoms with Gasteiger partial charge in [-0.05, 0) is 31.4 Å². The normalized spacial score (nSPS) is 23.2. The number of rotatable bonds is 2. The lowest BCUT2D eigenvalue weighted by Crippen LogP contribution is -2.43. The number of amides is 1. The van der Waals surface area contributed by atoms with Crippen LogP contribution < -0.4 is 5.32 Å². The molecule has 0 radical (unpaired) electrons. The average Bonchev–Trinajstić information content (AvgIpc) is 2.59. The topological polar surface area (TPSA) is 49.3 Å². The molecule has 2 unspecified atom stereocenters. The Morgan fingerprint density at radius 3 is 2.65 bits per heavy atom. The summed E-state index contributed by atoms with van der Waals surface area (Å²) in [5.41, 5.74) is 0.0401. The lowest BCUT2D eigenvalue weighted by molar-refractivity contribution is 0.0815. The number of hydrogen-bond acceptors (Lipinski definition) is 2. The van der Waals surface area contributed by atoms with Gasteiger partial charge >= 0.3 is 0 Å². The van der Waals surface area contributed by atoms with Gasteiger partial charge in [-0.1, -0.05) is 19.3 Å². The van der Waals surface area contributed by atoms with E-state index in [-0.39, 0.29) is 17.2 Å². The summed E-state index contributed by atoms with van der Waals surface area (Å²) in [5.74, 6) is -2.15. The van der Waals surface area contributed by atoms with Crippen molar-refractivity contribution in [3.63, 3.8) is 0 Å². The predicted molar refractivity (Wildman–Crippen MR) is 71.4 cm³/mol. The zero-order valence-electron chi connectivity index (χ0n) is 11.5. The van der Waals surface area contributed by atoms with Crippen LogP contribution in [0.15, 0.2) is 12.1 Å². The van der Waals surface area contributed by atoms with Gasteiger partial charge in [0.05, 0.1) is 17.7 Å². The molecule has 1 aliphatic rings. The summed E-state index contributed by atoms with van der Waals surface area (Å²) < 4.78 is 26.8. The molecule has 3 nitrogen and oxygen atoms in total. The van der Waals surface area contributed by atoms with Crippen LogP contribution in [0.5, 0.6) is 0 Å². The fourth-order valence-electron chi connectivity index (χ4n) is 2.53. The number of halogens is 2. The Kier molecular flexibility index (Phi) is 4.70. The van der Waals surface area contributed by atoms with E-state index in [1.807, 2.05) is 0 Å². The number of carbonyl (C=O) groups excluding carboxylic acids is 1. The summed E-state index contributed by atoms with van der Waals surface area (Å²) in [4.78, 5) is 12.1. The molecule has 1 fully saturated rings. The maximum absolute atomic E-state index is 13.6. The van der Waals surface area contributed by atoms with E-state index in [2.05, 4.69) is 5.32 Å². The molecule has 5 heteroatoms. The quantitative estimate of drug-likeness (QED) is 0.820. The minimum atomic E-state index is -0.881. The molecule has 0 bridgehead atoms. The number of aliphatic hydroxyl groups is 1. The van der Waals surface area contributed by atoms with E-state index in [0.717, 1.165) is 19.3 Å². The van der Waals surface area contributed by atoms with Crippen molar-refractivity contribution in [1.82, 2.24) is 5.32 Å². The van der Waals surface area contributed by atoms with E-state index in [1.165, 1.54) is 13.0 Å². The highest BCUT2D eigenvalue weighted by Crippen LogP contribution is 2.19. The van der Waals surface area contributed by atoms with E-state index < -0.39 is 23.6 Å². The Labute approximate surface area is 117 Å². The van der Waals surface area contributed by atoms with Crippen molar-refractivity contribution >= 4 is 5.91 Å². The van der Waals surface area contributed by atoms with Gasteiger partial charge in [0, 0.05) is 6.07 Å². The number of aliphatic hydroxyl groups excluding tert-OH is 1. The summed E-state index contributed by atoms with van der Waals surface area (Å²) in [6, 6.07) is 1.55. The Morgan fingerprint density at radius 1 is 1.20 bits per heavy atom. The van der Waals surface area contributed by atoms with Gasteiger partial charge in [0.25, 0.3) is 5.91 Å². The Balaban J connectivity index is 2.13. The maximum atomic E-state index is 13.6. The minimum absolute atomic E-state index is 0.180. The largest absolute Gasteiger partial charge is 0.391 e. The van der Waals surface area contributed by atoms with Crippen molar-refractivity contribution in [2.75, 3.05) is 0 Å². The molecule has 2 rings (SSSR count). The molecule has 1 aliphatic carbocycles. The smallest absolute Gasteiger partial charge is 0.254 e. The van der Waals surface area contributed by atoms with Crippen LogP contribution in [0.25, 0.3) is 0 Å². The maximum Gasteiger partial charge on any atom is 0.254 e. The van der Waals surface area contributed by atoms with E-state index >= 15 is 0 Å². The second kappa shape index (κ2) is 6.31. The Hall–Kier alpha value is -1.49. The number of aryl methyl sites for hydroxylation is 1. The fraction of sp³-hybridized carbons (Fsp3) is 0.533. The number of benzene rings is 1. The molecule has 0 saturated heterocycles. The molecule has 1 aromatic rings. The highest BCUT2D eigenvalue weighted by molar-refractivity contribution is 5.94. The van der Waals surface area contributed by atoms with Gasteiger partial charge in [0.15, 0.2) is 0 Å². The van der Waals surface area contributed by atoms with Gasteiger partial charge in [0.1, 0.15) is 11.6 Å². The van der Waals surface area contributed by atoms with E-state index in [9.17, 15) is 18.7 Å². The second-order valence-electron chi connectivity index (χ2n) is 5.37. The first-order chi connectivity index (χ1) is 9.49. The van der Waals surface area contributed by atoms with Gasteiger partial charge in [-0.25, -0.2) is 8.78 Å². The molecule has 20 heavy (non-hydrogen) atoms. The SMILES string of the molecule is Cc1cc(C(=O)NC2CCCCCC2O)c(F)cc1F. The summed E-state index contributed by atoms with van der Waals surface area (Å²) in [5, 5.41) is 12.6. The average molecular weight is 283 g/mol. The second-order valence-corrected chi connectivity index (χ2v) is 5.37. The number of nitrogens with one attached hydrogen (secondary N) is 1. The lowest BCUT2D eigenvalue weighted by Gasteiger charge is -2.22. The third kappa shape index (κ3) is 3.33. The van der Waals surface area contributed by atoms with Crippen LogP contribution in [0, 0.1) is 18.6 Å². The van der Waals surface area contributed by atoms with Crippen LogP contribution >= 0.6 is 0 Å². The molecular weight excluding hydrogens is 264 g/mol. The zero-order valence-corrected chi connectivity index (χ0v) is 11.5. The van der Waals surface area contributed by atoms with E-state index in [4.69, 9.17) is 0 Å². The van der Waals surface area contributed by atoms with Gasteiger partial charge < -0.3 is 10.4 Å². The van der Waals surface area contributed by atoms with E-state index in [1.54, 1.807) is 0 Å². The third-order valence-corrected chi connectivity index (χ3v) is 3.79. The first kappa shape index (κ1) is 14.9. The van der Waals surface area contributed by atoms with Crippen LogP contribution in [-0.2, 0) is 0 Å². The number of carbonyl (C=O) groups is 1. The lowest BCUT2D eigenvalue weighted by atomic mass is 10.0. The van der Waals surface area contributed by atoms with Gasteiger partial charge in [-0.3, -0.25) is 4.79 Å². The predicted octanol–water partition coefficient (Wildman–Crippen LogP) is 2.70. The van der Waals surface area contributed by atoms with E-state index in [0.29, 0.717) is 18.9 Å². The Bertz CT molecular complexity index is 505. The molecule has 2 N–H and O–H groups in total. The molecule has 2 atom stereocenters. The number of hydrogen-bond donors (Lipinski definition) is 2. The van der Waals surface area contributed by atoms with Crippen LogP contribution in [-0.4, -0.2) is 23.2 Å². The van der Waals surface area contributed by atoms with Crippen LogP contribution in [0.1, 0.15) is 48.0 Å². The van der Waals surface area contributed by atoms with Crippen molar-refractivity contribution < 1.29 is 18.7 Å². The van der Waals surface area contributed by atoms with Gasteiger partial charge in [-0.15, -0.1) is 0 Å². The van der Waals surface area contributed by atoms with Crippen molar-refractivity contribution in [1.29, 1.82) is 0 Å². The summed E-state index contributed by atoms with van der Waals surface area (Å²) in [6.45, 7) is 1.48. The van der Waals surface area contributed by atoms with Crippen LogP contribution in [0.3, 0.4) is 0 Å². The van der Waals surface area contributed by atoms with Gasteiger partial charge in [0.2, 0.25) is 0 Å². The van der Waals surface area contributed by atoms with Crippen molar-refractivity contribution in [3.8, 4) is 0 Å².